The fraction of sp³-hybridized carbons (Fsp3) is 0.727. The minimum absolute atomic E-state index is 0.0164. The van der Waals surface area contributed by atoms with Gasteiger partial charge in [0, 0.05) is 0 Å². The summed E-state index contributed by atoms with van der Waals surface area (Å²) in [4.78, 5) is 0. The van der Waals surface area contributed by atoms with Gasteiger partial charge in [0.15, 0.2) is 0 Å². The van der Waals surface area contributed by atoms with Crippen LogP contribution in [0.1, 0.15) is 75.8 Å². The number of aryl methyl sites for hydroxylation is 1. The molecule has 0 radical (unpaired) electrons. The van der Waals surface area contributed by atoms with Gasteiger partial charge in [0.1, 0.15) is 5.75 Å². The number of hydrogen-bond donors (Lipinski definition) is 3. The van der Waals surface area contributed by atoms with Crippen LogP contribution in [-0.4, -0.2) is 27.0 Å². The number of aliphatic hydroxyl groups excluding tert-OH is 1. The third kappa shape index (κ3) is 2.62. The largest absolute Gasteiger partial charge is 0.508 e. The van der Waals surface area contributed by atoms with Gasteiger partial charge in [-0.05, 0) is 105 Å². The van der Waals surface area contributed by atoms with Crippen LogP contribution < -0.4 is 0 Å². The molecule has 1 unspecified atom stereocenters. The number of aromatic hydroxyl groups is 1. The summed E-state index contributed by atoms with van der Waals surface area (Å²) in [6.07, 6.45) is 7.49. The molecule has 1 aromatic rings. The first-order valence-electron chi connectivity index (χ1n) is 10.1. The van der Waals surface area contributed by atoms with Crippen molar-refractivity contribution >= 4 is 0 Å². The molecule has 2 saturated carbocycles. The first kappa shape index (κ1) is 17.4. The zero-order chi connectivity index (χ0) is 17.8. The summed E-state index contributed by atoms with van der Waals surface area (Å²) in [7, 11) is 0. The number of hydrogen-bond acceptors (Lipinski definition) is 3. The average molecular weight is 344 g/mol. The van der Waals surface area contributed by atoms with Crippen LogP contribution in [0.3, 0.4) is 0 Å². The molecule has 0 aromatic heterocycles. The lowest BCUT2D eigenvalue weighted by molar-refractivity contribution is -0.111. The minimum atomic E-state index is -0.616. The van der Waals surface area contributed by atoms with Crippen molar-refractivity contribution in [3.8, 4) is 5.75 Å². The second-order valence-corrected chi connectivity index (χ2v) is 9.21. The van der Waals surface area contributed by atoms with Crippen LogP contribution in [-0.2, 0) is 6.42 Å². The number of fused-ring (bicyclic) bond motifs is 5. The van der Waals surface area contributed by atoms with Gasteiger partial charge in [-0.25, -0.2) is 0 Å². The van der Waals surface area contributed by atoms with E-state index in [1.54, 1.807) is 0 Å². The molecule has 138 valence electrons. The summed E-state index contributed by atoms with van der Waals surface area (Å²) in [5.41, 5.74) is 2.13. The molecule has 25 heavy (non-hydrogen) atoms. The van der Waals surface area contributed by atoms with Gasteiger partial charge >= 0.3 is 0 Å². The molecule has 6 atom stereocenters. The molecular formula is C22H32O3. The summed E-state index contributed by atoms with van der Waals surface area (Å²) in [6, 6.07) is 5.92. The molecule has 0 amide bonds. The van der Waals surface area contributed by atoms with Gasteiger partial charge in [-0.3, -0.25) is 0 Å². The van der Waals surface area contributed by atoms with Crippen molar-refractivity contribution in [3.05, 3.63) is 29.3 Å². The average Bonchev–Trinajstić information content (AvgIpc) is 2.84. The Balaban J connectivity index is 1.61. The first-order valence-corrected chi connectivity index (χ1v) is 10.1. The van der Waals surface area contributed by atoms with Crippen molar-refractivity contribution in [1.29, 1.82) is 0 Å². The van der Waals surface area contributed by atoms with E-state index in [4.69, 9.17) is 0 Å². The molecule has 0 spiro atoms. The third-order valence-electron chi connectivity index (χ3n) is 8.01. The first-order chi connectivity index (χ1) is 11.8. The van der Waals surface area contributed by atoms with Gasteiger partial charge < -0.3 is 15.3 Å². The van der Waals surface area contributed by atoms with E-state index < -0.39 is 5.60 Å². The highest BCUT2D eigenvalue weighted by molar-refractivity contribution is 5.40. The van der Waals surface area contributed by atoms with Crippen molar-refractivity contribution in [2.75, 3.05) is 0 Å². The van der Waals surface area contributed by atoms with E-state index in [0.29, 0.717) is 29.9 Å². The van der Waals surface area contributed by atoms with Gasteiger partial charge in [0.05, 0.1) is 11.7 Å². The number of phenols is 1. The number of rotatable bonds is 3. The van der Waals surface area contributed by atoms with Crippen molar-refractivity contribution in [3.63, 3.8) is 0 Å². The fourth-order valence-corrected chi connectivity index (χ4v) is 6.54. The lowest BCUT2D eigenvalue weighted by Crippen LogP contribution is -2.51. The number of benzene rings is 1. The fourth-order valence-electron chi connectivity index (χ4n) is 6.54. The van der Waals surface area contributed by atoms with Gasteiger partial charge in [-0.15, -0.1) is 0 Å². The molecule has 3 aliphatic rings. The summed E-state index contributed by atoms with van der Waals surface area (Å²) in [6.45, 7) is 4.14. The van der Waals surface area contributed by atoms with Crippen molar-refractivity contribution in [1.82, 2.24) is 0 Å². The Hall–Kier alpha value is -1.06. The Labute approximate surface area is 151 Å². The van der Waals surface area contributed by atoms with Crippen molar-refractivity contribution in [2.24, 2.45) is 17.3 Å². The predicted octanol–water partition coefficient (Wildman–Crippen LogP) is 4.14. The zero-order valence-electron chi connectivity index (χ0n) is 15.5. The smallest absolute Gasteiger partial charge is 0.115 e. The second kappa shape index (κ2) is 5.99. The summed E-state index contributed by atoms with van der Waals surface area (Å²) >= 11 is 0. The maximum absolute atomic E-state index is 11.5. The van der Waals surface area contributed by atoms with Crippen LogP contribution in [0.4, 0.5) is 0 Å². The van der Waals surface area contributed by atoms with E-state index >= 15 is 0 Å². The molecule has 3 N–H and O–H groups in total. The lowest BCUT2D eigenvalue weighted by atomic mass is 9.53. The molecule has 1 aromatic carbocycles. The second-order valence-electron chi connectivity index (χ2n) is 9.21. The summed E-state index contributed by atoms with van der Waals surface area (Å²) in [5, 5.41) is 31.0. The Kier molecular flexibility index (Phi) is 4.16. The third-order valence-corrected chi connectivity index (χ3v) is 8.01. The monoisotopic (exact) mass is 344 g/mol. The number of aliphatic hydroxyl groups is 2. The van der Waals surface area contributed by atoms with Gasteiger partial charge in [0.25, 0.3) is 0 Å². The molecule has 3 nitrogen and oxygen atoms in total. The Bertz CT molecular complexity index is 655. The normalized spacial score (nSPS) is 40.9. The van der Waals surface area contributed by atoms with Crippen LogP contribution in [0.15, 0.2) is 18.2 Å². The van der Waals surface area contributed by atoms with Gasteiger partial charge in [0.2, 0.25) is 0 Å². The highest BCUT2D eigenvalue weighted by atomic mass is 16.3. The van der Waals surface area contributed by atoms with Gasteiger partial charge in [-0.2, -0.15) is 0 Å². The van der Waals surface area contributed by atoms with Crippen molar-refractivity contribution in [2.45, 2.75) is 82.8 Å². The Morgan fingerprint density at radius 1 is 1.20 bits per heavy atom. The molecule has 2 fully saturated rings. The molecular weight excluding hydrogens is 312 g/mol. The molecule has 0 bridgehead atoms. The maximum atomic E-state index is 11.5. The highest BCUT2D eigenvalue weighted by Gasteiger charge is 2.61. The summed E-state index contributed by atoms with van der Waals surface area (Å²) < 4.78 is 0. The number of phenolic OH excluding ortho intramolecular Hbond substituents is 1. The van der Waals surface area contributed by atoms with Gasteiger partial charge in [-0.1, -0.05) is 13.0 Å². The van der Waals surface area contributed by atoms with E-state index in [2.05, 4.69) is 13.0 Å². The van der Waals surface area contributed by atoms with E-state index in [-0.39, 0.29) is 11.5 Å². The van der Waals surface area contributed by atoms with Crippen LogP contribution in [0, 0.1) is 17.3 Å². The van der Waals surface area contributed by atoms with Crippen molar-refractivity contribution < 1.29 is 15.3 Å². The van der Waals surface area contributed by atoms with E-state index in [1.165, 1.54) is 17.5 Å². The van der Waals surface area contributed by atoms with E-state index in [9.17, 15) is 15.3 Å². The minimum Gasteiger partial charge on any atom is -0.508 e. The molecule has 0 heterocycles. The lowest BCUT2D eigenvalue weighted by Gasteiger charge is -2.53. The van der Waals surface area contributed by atoms with Crippen LogP contribution in [0.25, 0.3) is 0 Å². The highest BCUT2D eigenvalue weighted by Crippen LogP contribution is 2.65. The maximum Gasteiger partial charge on any atom is 0.115 e. The van der Waals surface area contributed by atoms with E-state index in [0.717, 1.165) is 38.5 Å². The Morgan fingerprint density at radius 2 is 2.00 bits per heavy atom. The predicted molar refractivity (Wildman–Crippen MR) is 98.6 cm³/mol. The topological polar surface area (TPSA) is 60.7 Å². The van der Waals surface area contributed by atoms with Crippen LogP contribution in [0.2, 0.25) is 0 Å². The SMILES string of the molecule is CC(O)CC[C@]1(O)CC[C@H]2[C@@H]3CCc4cc(O)ccc4[C@H]3CC[C@@]21C. The summed E-state index contributed by atoms with van der Waals surface area (Å²) in [5.74, 6) is 2.19. The van der Waals surface area contributed by atoms with Crippen LogP contribution >= 0.6 is 0 Å². The standard InChI is InChI=1S/C22H32O3/c1-14(23)7-11-22(25)12-9-20-19-5-3-15-13-16(24)4-6-17(15)18(19)8-10-21(20,22)2/h4,6,13-14,18-20,23-25H,3,5,7-12H2,1-2H3/t14?,18-,19-,20+,21+,22+/m1/s1. The van der Waals surface area contributed by atoms with Crippen LogP contribution in [0.5, 0.6) is 5.75 Å². The molecule has 3 heteroatoms. The quantitative estimate of drug-likeness (QED) is 0.772. The van der Waals surface area contributed by atoms with E-state index in [1.807, 2.05) is 19.1 Å². The Morgan fingerprint density at radius 3 is 2.76 bits per heavy atom. The molecule has 0 saturated heterocycles. The molecule has 0 aliphatic heterocycles. The molecule has 4 rings (SSSR count). The zero-order valence-corrected chi connectivity index (χ0v) is 15.5. The molecule has 3 aliphatic carbocycles.